The lowest BCUT2D eigenvalue weighted by molar-refractivity contribution is -0.117. The van der Waals surface area contributed by atoms with Crippen LogP contribution in [-0.2, 0) is 4.79 Å². The average Bonchev–Trinajstić information content (AvgIpc) is 2.22. The summed E-state index contributed by atoms with van der Waals surface area (Å²) in [5, 5.41) is 9.47. The zero-order valence-corrected chi connectivity index (χ0v) is 10.6. The third-order valence-corrected chi connectivity index (χ3v) is 3.91. The molecule has 0 spiro atoms. The number of hydrogen-bond acceptors (Lipinski definition) is 3. The van der Waals surface area contributed by atoms with E-state index in [1.54, 1.807) is 6.92 Å². The molecule has 0 aromatic rings. The highest BCUT2D eigenvalue weighted by molar-refractivity contribution is 5.75. The number of rotatable bonds is 4. The molecule has 90 valence electrons. The van der Waals surface area contributed by atoms with Crippen molar-refractivity contribution >= 4 is 5.78 Å². The van der Waals surface area contributed by atoms with Crippen LogP contribution >= 0.6 is 0 Å². The maximum absolute atomic E-state index is 10.9. The molecule has 3 heteroatoms. The standard InChI is InChI=1S/C13H22N2O/c1-11-6-5-9-15(3)13(11,10-14)8-4-7-12(2)16/h11H,4-9H2,1-3H3. The molecule has 0 saturated carbocycles. The van der Waals surface area contributed by atoms with Crippen LogP contribution < -0.4 is 0 Å². The fourth-order valence-electron chi connectivity index (χ4n) is 2.74. The number of nitrogens with zero attached hydrogens (tertiary/aromatic N) is 2. The Labute approximate surface area is 98.4 Å². The first-order chi connectivity index (χ1) is 7.53. The predicted octanol–water partition coefficient (Wildman–Crippen LogP) is 2.37. The van der Waals surface area contributed by atoms with Gasteiger partial charge in [0.05, 0.1) is 6.07 Å². The smallest absolute Gasteiger partial charge is 0.129 e. The van der Waals surface area contributed by atoms with E-state index in [4.69, 9.17) is 0 Å². The summed E-state index contributed by atoms with van der Waals surface area (Å²) in [4.78, 5) is 13.1. The van der Waals surface area contributed by atoms with Crippen molar-refractivity contribution < 1.29 is 4.79 Å². The van der Waals surface area contributed by atoms with E-state index in [1.807, 2.05) is 7.05 Å². The number of ketones is 1. The van der Waals surface area contributed by atoms with Crippen molar-refractivity contribution in [2.24, 2.45) is 5.92 Å². The largest absolute Gasteiger partial charge is 0.300 e. The number of Topliss-reactive ketones (excluding diaryl/α,β-unsaturated/α-hetero) is 1. The van der Waals surface area contributed by atoms with E-state index in [1.165, 1.54) is 6.42 Å². The third kappa shape index (κ3) is 2.62. The molecule has 1 aliphatic heterocycles. The molecule has 0 aromatic carbocycles. The van der Waals surface area contributed by atoms with E-state index in [9.17, 15) is 10.1 Å². The summed E-state index contributed by atoms with van der Waals surface area (Å²) in [5.41, 5.74) is -0.340. The maximum Gasteiger partial charge on any atom is 0.129 e. The lowest BCUT2D eigenvalue weighted by Crippen LogP contribution is -2.53. The molecule has 0 aliphatic carbocycles. The number of carbonyl (C=O) groups excluding carboxylic acids is 1. The first kappa shape index (κ1) is 13.2. The normalized spacial score (nSPS) is 31.0. The molecule has 1 aliphatic rings. The second kappa shape index (κ2) is 5.45. The van der Waals surface area contributed by atoms with E-state index in [-0.39, 0.29) is 11.3 Å². The van der Waals surface area contributed by atoms with Crippen LogP contribution in [-0.4, -0.2) is 29.8 Å². The SMILES string of the molecule is CC(=O)CCCC1(C#N)C(C)CCCN1C. The molecule has 1 heterocycles. The fourth-order valence-corrected chi connectivity index (χ4v) is 2.74. The zero-order valence-electron chi connectivity index (χ0n) is 10.6. The van der Waals surface area contributed by atoms with Crippen LogP contribution in [0.25, 0.3) is 0 Å². The number of hydrogen-bond donors (Lipinski definition) is 0. The van der Waals surface area contributed by atoms with Gasteiger partial charge < -0.3 is 4.79 Å². The second-order valence-electron chi connectivity index (χ2n) is 5.06. The van der Waals surface area contributed by atoms with Gasteiger partial charge in [0.25, 0.3) is 0 Å². The lowest BCUT2D eigenvalue weighted by Gasteiger charge is -2.45. The van der Waals surface area contributed by atoms with E-state index in [2.05, 4.69) is 17.9 Å². The fraction of sp³-hybridized carbons (Fsp3) is 0.846. The van der Waals surface area contributed by atoms with Gasteiger partial charge in [-0.1, -0.05) is 6.92 Å². The van der Waals surface area contributed by atoms with Crippen molar-refractivity contribution in [3.8, 4) is 6.07 Å². The van der Waals surface area contributed by atoms with Crippen molar-refractivity contribution in [3.63, 3.8) is 0 Å². The van der Waals surface area contributed by atoms with Crippen molar-refractivity contribution in [3.05, 3.63) is 0 Å². The van der Waals surface area contributed by atoms with Gasteiger partial charge in [-0.3, -0.25) is 4.90 Å². The predicted molar refractivity (Wildman–Crippen MR) is 63.9 cm³/mol. The van der Waals surface area contributed by atoms with Crippen LogP contribution in [0.1, 0.15) is 46.0 Å². The molecule has 1 saturated heterocycles. The van der Waals surface area contributed by atoms with Gasteiger partial charge >= 0.3 is 0 Å². The van der Waals surface area contributed by atoms with Gasteiger partial charge in [0.1, 0.15) is 11.3 Å². The molecular weight excluding hydrogens is 200 g/mol. The van der Waals surface area contributed by atoms with E-state index < -0.39 is 0 Å². The van der Waals surface area contributed by atoms with Gasteiger partial charge in [-0.2, -0.15) is 5.26 Å². The molecule has 1 rings (SSSR count). The minimum Gasteiger partial charge on any atom is -0.300 e. The molecule has 0 amide bonds. The van der Waals surface area contributed by atoms with Crippen LogP contribution in [0.5, 0.6) is 0 Å². The average molecular weight is 222 g/mol. The summed E-state index contributed by atoms with van der Waals surface area (Å²) < 4.78 is 0. The molecule has 16 heavy (non-hydrogen) atoms. The Morgan fingerprint density at radius 2 is 2.31 bits per heavy atom. The Kier molecular flexibility index (Phi) is 4.49. The van der Waals surface area contributed by atoms with Crippen LogP contribution in [0.4, 0.5) is 0 Å². The van der Waals surface area contributed by atoms with Crippen molar-refractivity contribution in [1.29, 1.82) is 5.26 Å². The van der Waals surface area contributed by atoms with Gasteiger partial charge in [-0.15, -0.1) is 0 Å². The minimum absolute atomic E-state index is 0.221. The van der Waals surface area contributed by atoms with Gasteiger partial charge in [0, 0.05) is 6.42 Å². The summed E-state index contributed by atoms with van der Waals surface area (Å²) in [6.07, 6.45) is 4.55. The highest BCUT2D eigenvalue weighted by atomic mass is 16.1. The molecule has 0 N–H and O–H groups in total. The molecule has 2 atom stereocenters. The highest BCUT2D eigenvalue weighted by Crippen LogP contribution is 2.36. The Balaban J connectivity index is 2.67. The van der Waals surface area contributed by atoms with Gasteiger partial charge in [-0.05, 0) is 52.1 Å². The minimum atomic E-state index is -0.340. The Hall–Kier alpha value is -0.880. The van der Waals surface area contributed by atoms with E-state index >= 15 is 0 Å². The number of piperidine rings is 1. The molecule has 0 bridgehead atoms. The van der Waals surface area contributed by atoms with E-state index in [0.717, 1.165) is 25.8 Å². The van der Waals surface area contributed by atoms with E-state index in [0.29, 0.717) is 12.3 Å². The van der Waals surface area contributed by atoms with Crippen LogP contribution in [0.2, 0.25) is 0 Å². The molecule has 2 unspecified atom stereocenters. The second-order valence-corrected chi connectivity index (χ2v) is 5.06. The maximum atomic E-state index is 10.9. The van der Waals surface area contributed by atoms with Gasteiger partial charge in [0.2, 0.25) is 0 Å². The van der Waals surface area contributed by atoms with Crippen molar-refractivity contribution in [2.45, 2.75) is 51.5 Å². The Morgan fingerprint density at radius 3 is 2.81 bits per heavy atom. The van der Waals surface area contributed by atoms with Gasteiger partial charge in [0.15, 0.2) is 0 Å². The Bertz CT molecular complexity index is 283. The number of carbonyl (C=O) groups is 1. The topological polar surface area (TPSA) is 44.1 Å². The molecular formula is C13H22N2O. The van der Waals surface area contributed by atoms with Crippen LogP contribution in [0.15, 0.2) is 0 Å². The summed E-state index contributed by atoms with van der Waals surface area (Å²) in [5.74, 6) is 0.627. The summed E-state index contributed by atoms with van der Waals surface area (Å²) >= 11 is 0. The third-order valence-electron chi connectivity index (χ3n) is 3.91. The Morgan fingerprint density at radius 1 is 1.62 bits per heavy atom. The zero-order chi connectivity index (χ0) is 12.2. The van der Waals surface area contributed by atoms with Crippen molar-refractivity contribution in [1.82, 2.24) is 4.90 Å². The highest BCUT2D eigenvalue weighted by Gasteiger charge is 2.42. The van der Waals surface area contributed by atoms with Crippen LogP contribution in [0.3, 0.4) is 0 Å². The number of nitriles is 1. The number of likely N-dealkylation sites (tertiary alicyclic amines) is 1. The lowest BCUT2D eigenvalue weighted by atomic mass is 9.75. The van der Waals surface area contributed by atoms with Crippen molar-refractivity contribution in [2.75, 3.05) is 13.6 Å². The van der Waals surface area contributed by atoms with Gasteiger partial charge in [-0.25, -0.2) is 0 Å². The first-order valence-electron chi connectivity index (χ1n) is 6.15. The molecule has 0 radical (unpaired) electrons. The summed E-state index contributed by atoms with van der Waals surface area (Å²) in [7, 11) is 2.03. The summed E-state index contributed by atoms with van der Waals surface area (Å²) in [6.45, 7) is 4.78. The quantitative estimate of drug-likeness (QED) is 0.733. The molecule has 1 fully saturated rings. The first-order valence-corrected chi connectivity index (χ1v) is 6.15. The van der Waals surface area contributed by atoms with Crippen LogP contribution in [0, 0.1) is 17.2 Å². The monoisotopic (exact) mass is 222 g/mol. The molecule has 0 aromatic heterocycles. The summed E-state index contributed by atoms with van der Waals surface area (Å²) in [6, 6.07) is 2.51. The molecule has 3 nitrogen and oxygen atoms in total.